The van der Waals surface area contributed by atoms with E-state index in [2.05, 4.69) is 24.1 Å². The number of methoxy groups -OCH3 is 1. The van der Waals surface area contributed by atoms with Crippen LogP contribution in [-0.4, -0.2) is 20.7 Å². The van der Waals surface area contributed by atoms with E-state index < -0.39 is 0 Å². The summed E-state index contributed by atoms with van der Waals surface area (Å²) in [6.45, 7) is 1.08. The first-order valence-corrected chi connectivity index (χ1v) is 7.36. The largest absolute Gasteiger partial charge is 0.496 e. The monoisotopic (exact) mass is 260 g/mol. The average molecular weight is 260 g/mol. The molecule has 2 aliphatic rings. The van der Waals surface area contributed by atoms with Gasteiger partial charge < -0.3 is 15.4 Å². The predicted molar refractivity (Wildman–Crippen MR) is 78.9 cm³/mol. The second-order valence-corrected chi connectivity index (χ2v) is 6.03. The molecule has 2 N–H and O–H groups in total. The average Bonchev–Trinajstić information content (AvgIpc) is 2.80. The van der Waals surface area contributed by atoms with Crippen LogP contribution in [0.25, 0.3) is 0 Å². The van der Waals surface area contributed by atoms with Gasteiger partial charge in [0.25, 0.3) is 0 Å². The van der Waals surface area contributed by atoms with Crippen molar-refractivity contribution < 1.29 is 4.74 Å². The molecule has 1 saturated carbocycles. The fourth-order valence-corrected chi connectivity index (χ4v) is 3.69. The molecule has 0 saturated heterocycles. The van der Waals surface area contributed by atoms with Gasteiger partial charge in [0, 0.05) is 35.9 Å². The third-order valence-electron chi connectivity index (χ3n) is 4.83. The highest BCUT2D eigenvalue weighted by atomic mass is 16.5. The molecular formula is C16H24N2O. The lowest BCUT2D eigenvalue weighted by Crippen LogP contribution is -2.39. The molecule has 0 atom stereocenters. The van der Waals surface area contributed by atoms with Gasteiger partial charge >= 0.3 is 0 Å². The zero-order chi connectivity index (χ0) is 13.5. The minimum atomic E-state index is -0.181. The number of nitrogens with two attached hydrogens (primary N) is 1. The molecule has 0 bridgehead atoms. The summed E-state index contributed by atoms with van der Waals surface area (Å²) in [5.41, 5.74) is 10.4. The number of rotatable bonds is 2. The molecular weight excluding hydrogens is 236 g/mol. The molecule has 19 heavy (non-hydrogen) atoms. The molecule has 1 aromatic carbocycles. The van der Waals surface area contributed by atoms with E-state index in [9.17, 15) is 0 Å². The van der Waals surface area contributed by atoms with Gasteiger partial charge in [-0.05, 0) is 25.3 Å². The summed E-state index contributed by atoms with van der Waals surface area (Å²) in [6.07, 6.45) is 7.01. The van der Waals surface area contributed by atoms with E-state index in [0.717, 1.165) is 31.6 Å². The highest BCUT2D eigenvalue weighted by molar-refractivity contribution is 5.66. The summed E-state index contributed by atoms with van der Waals surface area (Å²) in [5, 5.41) is 0. The Morgan fingerprint density at radius 1 is 1.21 bits per heavy atom. The fourth-order valence-electron chi connectivity index (χ4n) is 3.69. The number of benzene rings is 1. The first-order chi connectivity index (χ1) is 9.15. The summed E-state index contributed by atoms with van der Waals surface area (Å²) in [7, 11) is 3.92. The minimum Gasteiger partial charge on any atom is -0.496 e. The molecule has 0 aromatic heterocycles. The van der Waals surface area contributed by atoms with Gasteiger partial charge in [-0.15, -0.1) is 0 Å². The smallest absolute Gasteiger partial charge is 0.129 e. The topological polar surface area (TPSA) is 38.5 Å². The SMILES string of the molecule is COc1c(C2(N)CCCCC2)ccc2c1CCN2C. The highest BCUT2D eigenvalue weighted by Gasteiger charge is 2.34. The van der Waals surface area contributed by atoms with Gasteiger partial charge in [0.15, 0.2) is 0 Å². The van der Waals surface area contributed by atoms with Crippen molar-refractivity contribution in [2.75, 3.05) is 25.6 Å². The maximum atomic E-state index is 6.69. The standard InChI is InChI=1S/C16H24N2O/c1-18-11-8-12-14(18)7-6-13(15(12)19-2)16(17)9-4-3-5-10-16/h6-7H,3-5,8-11,17H2,1-2H3. The molecule has 1 heterocycles. The summed E-state index contributed by atoms with van der Waals surface area (Å²) in [5.74, 6) is 1.05. The summed E-state index contributed by atoms with van der Waals surface area (Å²) in [6, 6.07) is 4.42. The first kappa shape index (κ1) is 12.8. The highest BCUT2D eigenvalue weighted by Crippen LogP contribution is 2.44. The molecule has 104 valence electrons. The molecule has 0 unspecified atom stereocenters. The molecule has 3 heteroatoms. The van der Waals surface area contributed by atoms with Gasteiger partial charge in [-0.1, -0.05) is 25.3 Å². The van der Waals surface area contributed by atoms with E-state index in [-0.39, 0.29) is 5.54 Å². The molecule has 1 fully saturated rings. The number of nitrogens with zero attached hydrogens (tertiary/aromatic N) is 1. The van der Waals surface area contributed by atoms with E-state index in [1.807, 2.05) is 0 Å². The normalized spacial score (nSPS) is 21.3. The number of fused-ring (bicyclic) bond motifs is 1. The molecule has 1 aromatic rings. The third kappa shape index (κ3) is 2.00. The van der Waals surface area contributed by atoms with Crippen LogP contribution in [0.4, 0.5) is 5.69 Å². The zero-order valence-electron chi connectivity index (χ0n) is 12.0. The number of anilines is 1. The van der Waals surface area contributed by atoms with Crippen LogP contribution in [0, 0.1) is 0 Å². The minimum absolute atomic E-state index is 0.181. The molecule has 0 radical (unpaired) electrons. The molecule has 1 aliphatic carbocycles. The van der Waals surface area contributed by atoms with Crippen LogP contribution >= 0.6 is 0 Å². The molecule has 1 aliphatic heterocycles. The number of hydrogen-bond acceptors (Lipinski definition) is 3. The Balaban J connectivity index is 2.07. The quantitative estimate of drug-likeness (QED) is 0.888. The second kappa shape index (κ2) is 4.71. The number of ether oxygens (including phenoxy) is 1. The van der Waals surface area contributed by atoms with E-state index in [0.29, 0.717) is 0 Å². The Bertz CT molecular complexity index is 478. The van der Waals surface area contributed by atoms with Crippen molar-refractivity contribution in [3.63, 3.8) is 0 Å². The van der Waals surface area contributed by atoms with Crippen LogP contribution < -0.4 is 15.4 Å². The van der Waals surface area contributed by atoms with Crippen LogP contribution in [0.15, 0.2) is 12.1 Å². The number of hydrogen-bond donors (Lipinski definition) is 1. The van der Waals surface area contributed by atoms with Gasteiger partial charge in [0.2, 0.25) is 0 Å². The van der Waals surface area contributed by atoms with Crippen LogP contribution in [-0.2, 0) is 12.0 Å². The van der Waals surface area contributed by atoms with Gasteiger partial charge in [-0.25, -0.2) is 0 Å². The third-order valence-corrected chi connectivity index (χ3v) is 4.83. The molecule has 3 nitrogen and oxygen atoms in total. The van der Waals surface area contributed by atoms with Crippen molar-refractivity contribution in [3.05, 3.63) is 23.3 Å². The van der Waals surface area contributed by atoms with E-state index >= 15 is 0 Å². The van der Waals surface area contributed by atoms with Crippen molar-refractivity contribution in [1.82, 2.24) is 0 Å². The Kier molecular flexibility index (Phi) is 3.17. The van der Waals surface area contributed by atoms with Crippen molar-refractivity contribution in [2.45, 2.75) is 44.1 Å². The van der Waals surface area contributed by atoms with E-state index in [1.54, 1.807) is 7.11 Å². The van der Waals surface area contributed by atoms with Crippen molar-refractivity contribution in [2.24, 2.45) is 5.73 Å². The van der Waals surface area contributed by atoms with Crippen molar-refractivity contribution in [1.29, 1.82) is 0 Å². The summed E-state index contributed by atoms with van der Waals surface area (Å²) >= 11 is 0. The molecule has 3 rings (SSSR count). The Labute approximate surface area is 115 Å². The molecule has 0 spiro atoms. The lowest BCUT2D eigenvalue weighted by atomic mass is 9.76. The maximum absolute atomic E-state index is 6.69. The van der Waals surface area contributed by atoms with Crippen LogP contribution in [0.5, 0.6) is 5.75 Å². The van der Waals surface area contributed by atoms with E-state index in [4.69, 9.17) is 10.5 Å². The van der Waals surface area contributed by atoms with Crippen LogP contribution in [0.1, 0.15) is 43.2 Å². The number of likely N-dealkylation sites (N-methyl/N-ethyl adjacent to an activating group) is 1. The van der Waals surface area contributed by atoms with Gasteiger partial charge in [0.1, 0.15) is 5.75 Å². The van der Waals surface area contributed by atoms with Crippen molar-refractivity contribution >= 4 is 5.69 Å². The van der Waals surface area contributed by atoms with Gasteiger partial charge in [0.05, 0.1) is 7.11 Å². The fraction of sp³-hybridized carbons (Fsp3) is 0.625. The lowest BCUT2D eigenvalue weighted by Gasteiger charge is -2.35. The van der Waals surface area contributed by atoms with Crippen LogP contribution in [0.2, 0.25) is 0 Å². The maximum Gasteiger partial charge on any atom is 0.129 e. The lowest BCUT2D eigenvalue weighted by molar-refractivity contribution is 0.288. The van der Waals surface area contributed by atoms with Gasteiger partial charge in [-0.3, -0.25) is 0 Å². The summed E-state index contributed by atoms with van der Waals surface area (Å²) < 4.78 is 5.75. The Hall–Kier alpha value is -1.22. The predicted octanol–water partition coefficient (Wildman–Crippen LogP) is 2.81. The van der Waals surface area contributed by atoms with Gasteiger partial charge in [-0.2, -0.15) is 0 Å². The molecule has 0 amide bonds. The zero-order valence-corrected chi connectivity index (χ0v) is 12.0. The van der Waals surface area contributed by atoms with Crippen LogP contribution in [0.3, 0.4) is 0 Å². The van der Waals surface area contributed by atoms with Crippen molar-refractivity contribution in [3.8, 4) is 5.75 Å². The summed E-state index contributed by atoms with van der Waals surface area (Å²) in [4.78, 5) is 2.30. The van der Waals surface area contributed by atoms with E-state index in [1.165, 1.54) is 36.1 Å². The second-order valence-electron chi connectivity index (χ2n) is 6.03. The Morgan fingerprint density at radius 3 is 2.63 bits per heavy atom. The first-order valence-electron chi connectivity index (χ1n) is 7.36. The Morgan fingerprint density at radius 2 is 1.95 bits per heavy atom.